The molecule has 0 aliphatic rings. The summed E-state index contributed by atoms with van der Waals surface area (Å²) in [5.41, 5.74) is 1.39. The summed E-state index contributed by atoms with van der Waals surface area (Å²) in [4.78, 5) is 0. The smallest absolute Gasteiger partial charge is 0.0436 e. The summed E-state index contributed by atoms with van der Waals surface area (Å²) >= 11 is 6.95. The molecule has 1 aromatic rings. The molecule has 0 unspecified atom stereocenters. The number of aliphatic hydroxyl groups is 1. The van der Waals surface area contributed by atoms with Gasteiger partial charge in [-0.05, 0) is 61.4 Å². The van der Waals surface area contributed by atoms with Crippen LogP contribution >= 0.6 is 31.9 Å². The van der Waals surface area contributed by atoms with E-state index in [1.165, 1.54) is 5.56 Å². The lowest BCUT2D eigenvalue weighted by Gasteiger charge is -2.24. The lowest BCUT2D eigenvalue weighted by Crippen LogP contribution is -2.29. The van der Waals surface area contributed by atoms with Gasteiger partial charge in [0.25, 0.3) is 0 Å². The van der Waals surface area contributed by atoms with Gasteiger partial charge in [-0.2, -0.15) is 0 Å². The molecule has 2 N–H and O–H groups in total. The summed E-state index contributed by atoms with van der Waals surface area (Å²) in [6.45, 7) is 6.32. The minimum atomic E-state index is 0.140. The second-order valence-corrected chi connectivity index (χ2v) is 6.70. The Bertz CT molecular complexity index is 366. The van der Waals surface area contributed by atoms with Gasteiger partial charge in [0.1, 0.15) is 0 Å². The number of aliphatic hydroxyl groups excluding tert-OH is 1. The van der Waals surface area contributed by atoms with E-state index >= 15 is 0 Å². The van der Waals surface area contributed by atoms with Gasteiger partial charge >= 0.3 is 0 Å². The van der Waals surface area contributed by atoms with E-state index in [0.29, 0.717) is 0 Å². The molecule has 0 spiro atoms. The number of nitrogens with one attached hydrogen (secondary N) is 1. The van der Waals surface area contributed by atoms with Gasteiger partial charge in [0.2, 0.25) is 0 Å². The molecular weight excluding hydrogens is 346 g/mol. The number of halogens is 2. The van der Waals surface area contributed by atoms with Gasteiger partial charge in [0.05, 0.1) is 0 Å². The second-order valence-electron chi connectivity index (χ2n) is 4.99. The molecule has 1 rings (SSSR count). The van der Waals surface area contributed by atoms with Crippen molar-refractivity contribution in [3.05, 3.63) is 32.7 Å². The van der Waals surface area contributed by atoms with Crippen LogP contribution in [0.15, 0.2) is 27.1 Å². The van der Waals surface area contributed by atoms with E-state index in [9.17, 15) is 0 Å². The van der Waals surface area contributed by atoms with Gasteiger partial charge < -0.3 is 10.4 Å². The van der Waals surface area contributed by atoms with Crippen molar-refractivity contribution in [2.24, 2.45) is 5.41 Å². The minimum absolute atomic E-state index is 0.140. The molecule has 0 saturated carbocycles. The van der Waals surface area contributed by atoms with E-state index in [0.717, 1.165) is 28.5 Å². The van der Waals surface area contributed by atoms with Crippen molar-refractivity contribution < 1.29 is 5.11 Å². The van der Waals surface area contributed by atoms with Crippen LogP contribution in [0.2, 0.25) is 0 Å². The van der Waals surface area contributed by atoms with Crippen molar-refractivity contribution in [3.8, 4) is 0 Å². The summed E-state index contributed by atoms with van der Waals surface area (Å²) in [6, 6.07) is 6.25. The molecule has 17 heavy (non-hydrogen) atoms. The maximum Gasteiger partial charge on any atom is 0.0436 e. The van der Waals surface area contributed by atoms with Crippen molar-refractivity contribution in [3.63, 3.8) is 0 Å². The SMILES string of the molecule is CC(C)(CCO)CNCc1ccc(Br)c(Br)c1. The standard InChI is InChI=1S/C13H19Br2NO/c1-13(2,5-6-17)9-16-8-10-3-4-11(14)12(15)7-10/h3-4,7,16-17H,5-6,8-9H2,1-2H3. The number of hydrogen-bond donors (Lipinski definition) is 2. The summed E-state index contributed by atoms with van der Waals surface area (Å²) in [5.74, 6) is 0. The van der Waals surface area contributed by atoms with Gasteiger partial charge in [0.15, 0.2) is 0 Å². The number of rotatable bonds is 6. The molecule has 0 aliphatic heterocycles. The Hall–Kier alpha value is 0.1000. The fourth-order valence-corrected chi connectivity index (χ4v) is 2.26. The summed E-state index contributed by atoms with van der Waals surface area (Å²) < 4.78 is 2.15. The average molecular weight is 365 g/mol. The predicted molar refractivity (Wildman–Crippen MR) is 79.0 cm³/mol. The quantitative estimate of drug-likeness (QED) is 0.806. The van der Waals surface area contributed by atoms with E-state index < -0.39 is 0 Å². The molecule has 0 fully saturated rings. The molecule has 0 saturated heterocycles. The molecule has 4 heteroatoms. The maximum absolute atomic E-state index is 8.95. The normalized spacial score (nSPS) is 11.8. The van der Waals surface area contributed by atoms with Crippen LogP contribution in [-0.4, -0.2) is 18.3 Å². The first-order valence-corrected chi connectivity index (χ1v) is 7.29. The zero-order valence-electron chi connectivity index (χ0n) is 10.3. The zero-order chi connectivity index (χ0) is 12.9. The molecule has 0 aromatic heterocycles. The summed E-state index contributed by atoms with van der Waals surface area (Å²) in [6.07, 6.45) is 0.823. The van der Waals surface area contributed by atoms with Gasteiger partial charge in [0, 0.05) is 28.6 Å². The zero-order valence-corrected chi connectivity index (χ0v) is 13.4. The van der Waals surface area contributed by atoms with E-state index in [1.54, 1.807) is 0 Å². The highest BCUT2D eigenvalue weighted by Gasteiger charge is 2.16. The van der Waals surface area contributed by atoms with Gasteiger partial charge in [-0.1, -0.05) is 19.9 Å². The lowest BCUT2D eigenvalue weighted by atomic mass is 9.90. The van der Waals surface area contributed by atoms with Crippen molar-refractivity contribution in [1.29, 1.82) is 0 Å². The van der Waals surface area contributed by atoms with Gasteiger partial charge in [-0.15, -0.1) is 0 Å². The van der Waals surface area contributed by atoms with Crippen LogP contribution in [0.4, 0.5) is 0 Å². The maximum atomic E-state index is 8.95. The van der Waals surface area contributed by atoms with Gasteiger partial charge in [-0.3, -0.25) is 0 Å². The van der Waals surface area contributed by atoms with E-state index in [2.05, 4.69) is 63.2 Å². The van der Waals surface area contributed by atoms with Crippen LogP contribution in [0.3, 0.4) is 0 Å². The monoisotopic (exact) mass is 363 g/mol. The Balaban J connectivity index is 2.43. The first kappa shape index (κ1) is 15.2. The van der Waals surface area contributed by atoms with Crippen LogP contribution in [0.1, 0.15) is 25.8 Å². The highest BCUT2D eigenvalue weighted by atomic mass is 79.9. The molecule has 0 bridgehead atoms. The third kappa shape index (κ3) is 5.51. The molecule has 0 amide bonds. The van der Waals surface area contributed by atoms with Crippen molar-refractivity contribution in [2.45, 2.75) is 26.8 Å². The minimum Gasteiger partial charge on any atom is -0.396 e. The summed E-state index contributed by atoms with van der Waals surface area (Å²) in [5, 5.41) is 12.4. The highest BCUT2D eigenvalue weighted by Crippen LogP contribution is 2.24. The molecule has 96 valence electrons. The Morgan fingerprint density at radius 1 is 1.24 bits per heavy atom. The number of hydrogen-bond acceptors (Lipinski definition) is 2. The lowest BCUT2D eigenvalue weighted by molar-refractivity contribution is 0.207. The molecule has 0 heterocycles. The Morgan fingerprint density at radius 2 is 1.94 bits per heavy atom. The number of benzene rings is 1. The molecule has 0 atom stereocenters. The van der Waals surface area contributed by atoms with E-state index in [-0.39, 0.29) is 12.0 Å². The fraction of sp³-hybridized carbons (Fsp3) is 0.538. The second kappa shape index (κ2) is 6.88. The molecule has 0 aliphatic carbocycles. The van der Waals surface area contributed by atoms with Crippen molar-refractivity contribution >= 4 is 31.9 Å². The first-order valence-electron chi connectivity index (χ1n) is 5.70. The third-order valence-electron chi connectivity index (χ3n) is 2.71. The topological polar surface area (TPSA) is 32.3 Å². The third-order valence-corrected chi connectivity index (χ3v) is 4.58. The van der Waals surface area contributed by atoms with Crippen molar-refractivity contribution in [1.82, 2.24) is 5.32 Å². The fourth-order valence-electron chi connectivity index (χ4n) is 1.59. The molecule has 2 nitrogen and oxygen atoms in total. The molecular formula is C13H19Br2NO. The van der Waals surface area contributed by atoms with Crippen LogP contribution in [0, 0.1) is 5.41 Å². The first-order chi connectivity index (χ1) is 7.94. The van der Waals surface area contributed by atoms with Crippen LogP contribution in [0.5, 0.6) is 0 Å². The van der Waals surface area contributed by atoms with Crippen LogP contribution in [0.25, 0.3) is 0 Å². The average Bonchev–Trinajstić information content (AvgIpc) is 2.23. The van der Waals surface area contributed by atoms with E-state index in [1.807, 2.05) is 6.07 Å². The predicted octanol–water partition coefficient (Wildman–Crippen LogP) is 3.71. The Kier molecular flexibility index (Phi) is 6.13. The Labute approximate surface area is 120 Å². The molecule has 1 aromatic carbocycles. The summed E-state index contributed by atoms with van der Waals surface area (Å²) in [7, 11) is 0. The highest BCUT2D eigenvalue weighted by molar-refractivity contribution is 9.13. The van der Waals surface area contributed by atoms with Crippen LogP contribution < -0.4 is 5.32 Å². The largest absolute Gasteiger partial charge is 0.396 e. The Morgan fingerprint density at radius 3 is 2.53 bits per heavy atom. The van der Waals surface area contributed by atoms with Gasteiger partial charge in [-0.25, -0.2) is 0 Å². The van der Waals surface area contributed by atoms with E-state index in [4.69, 9.17) is 5.11 Å². The van der Waals surface area contributed by atoms with Crippen LogP contribution in [-0.2, 0) is 6.54 Å². The molecule has 0 radical (unpaired) electrons. The van der Waals surface area contributed by atoms with Crippen molar-refractivity contribution in [2.75, 3.05) is 13.2 Å².